The molecule has 1 unspecified atom stereocenters. The molecule has 0 saturated heterocycles. The van der Waals surface area contributed by atoms with Crippen molar-refractivity contribution in [3.8, 4) is 11.5 Å². The molecule has 102 valence electrons. The van der Waals surface area contributed by atoms with Gasteiger partial charge in [0.2, 0.25) is 0 Å². The minimum absolute atomic E-state index is 0.641. The predicted octanol–water partition coefficient (Wildman–Crippen LogP) is 3.41. The molecule has 4 heteroatoms. The molecule has 0 aliphatic rings. The van der Waals surface area contributed by atoms with Gasteiger partial charge in [0.1, 0.15) is 17.6 Å². The minimum Gasteiger partial charge on any atom is -0.497 e. The van der Waals surface area contributed by atoms with Gasteiger partial charge in [0.25, 0.3) is 0 Å². The van der Waals surface area contributed by atoms with Gasteiger partial charge >= 0.3 is 0 Å². The molecule has 1 N–H and O–H groups in total. The molecule has 0 saturated carbocycles. The maximum atomic E-state index is 10.6. The summed E-state index contributed by atoms with van der Waals surface area (Å²) in [6.07, 6.45) is 0.254. The largest absolute Gasteiger partial charge is 0.497 e. The van der Waals surface area contributed by atoms with Gasteiger partial charge in [-0.2, -0.15) is 0 Å². The smallest absolute Gasteiger partial charge is 0.128 e. The maximum absolute atomic E-state index is 10.6. The molecule has 0 aliphatic carbocycles. The Labute approximate surface area is 117 Å². The zero-order valence-electron chi connectivity index (χ0n) is 11.3. The third-order valence-electron chi connectivity index (χ3n) is 3.15. The number of aliphatic hydroxyl groups is 1. The summed E-state index contributed by atoms with van der Waals surface area (Å²) in [5.41, 5.74) is 1.94. The van der Waals surface area contributed by atoms with Crippen LogP contribution in [0.1, 0.15) is 29.0 Å². The second-order valence-corrected chi connectivity index (χ2v) is 5.12. The number of hydrogen-bond donors (Lipinski definition) is 1. The minimum atomic E-state index is -0.657. The number of hydrogen-bond acceptors (Lipinski definition) is 4. The highest BCUT2D eigenvalue weighted by Gasteiger charge is 2.19. The van der Waals surface area contributed by atoms with Crippen molar-refractivity contribution < 1.29 is 14.6 Å². The molecular weight excluding hydrogens is 260 g/mol. The summed E-state index contributed by atoms with van der Waals surface area (Å²) in [6.45, 7) is 2.09. The van der Waals surface area contributed by atoms with Crippen LogP contribution in [-0.4, -0.2) is 19.3 Å². The average molecular weight is 278 g/mol. The highest BCUT2D eigenvalue weighted by atomic mass is 32.1. The van der Waals surface area contributed by atoms with Crippen molar-refractivity contribution in [1.82, 2.24) is 0 Å². The van der Waals surface area contributed by atoms with E-state index in [1.807, 2.05) is 17.5 Å². The van der Waals surface area contributed by atoms with Crippen LogP contribution in [0.15, 0.2) is 29.6 Å². The fourth-order valence-corrected chi connectivity index (χ4v) is 3.06. The van der Waals surface area contributed by atoms with Crippen LogP contribution in [0.4, 0.5) is 0 Å². The summed E-state index contributed by atoms with van der Waals surface area (Å²) in [6, 6.07) is 7.53. The lowest BCUT2D eigenvalue weighted by Crippen LogP contribution is -2.03. The fourth-order valence-electron chi connectivity index (χ4n) is 2.06. The molecule has 1 aromatic carbocycles. The standard InChI is InChI=1S/C15H18O3S/c1-4-10-7-8-19-15(10)14(16)12-6-5-11(17-2)9-13(12)18-3/h5-9,14,16H,4H2,1-3H3. The van der Waals surface area contributed by atoms with E-state index in [-0.39, 0.29) is 0 Å². The van der Waals surface area contributed by atoms with Gasteiger partial charge in [-0.05, 0) is 35.6 Å². The summed E-state index contributed by atoms with van der Waals surface area (Å²) < 4.78 is 10.5. The average Bonchev–Trinajstić information content (AvgIpc) is 2.94. The Bertz CT molecular complexity index is 548. The molecule has 1 aromatic heterocycles. The second kappa shape index (κ2) is 6.08. The first kappa shape index (κ1) is 13.9. The number of ether oxygens (including phenoxy) is 2. The van der Waals surface area contributed by atoms with E-state index in [0.29, 0.717) is 5.75 Å². The molecule has 1 atom stereocenters. The van der Waals surface area contributed by atoms with Crippen molar-refractivity contribution >= 4 is 11.3 Å². The van der Waals surface area contributed by atoms with Crippen LogP contribution >= 0.6 is 11.3 Å². The first-order valence-corrected chi connectivity index (χ1v) is 7.05. The van der Waals surface area contributed by atoms with Crippen molar-refractivity contribution in [2.24, 2.45) is 0 Å². The first-order chi connectivity index (χ1) is 9.21. The van der Waals surface area contributed by atoms with Crippen LogP contribution in [-0.2, 0) is 6.42 Å². The van der Waals surface area contributed by atoms with Crippen LogP contribution < -0.4 is 9.47 Å². The van der Waals surface area contributed by atoms with Crippen LogP contribution in [0.25, 0.3) is 0 Å². The zero-order chi connectivity index (χ0) is 13.8. The van der Waals surface area contributed by atoms with Crippen LogP contribution in [0.3, 0.4) is 0 Å². The molecule has 0 aliphatic heterocycles. The summed E-state index contributed by atoms with van der Waals surface area (Å²) in [7, 11) is 3.21. The highest BCUT2D eigenvalue weighted by Crippen LogP contribution is 2.36. The summed E-state index contributed by atoms with van der Waals surface area (Å²) in [5.74, 6) is 1.36. The van der Waals surface area contributed by atoms with Crippen molar-refractivity contribution in [2.45, 2.75) is 19.4 Å². The van der Waals surface area contributed by atoms with Crippen LogP contribution in [0.2, 0.25) is 0 Å². The van der Waals surface area contributed by atoms with E-state index >= 15 is 0 Å². The molecule has 0 fully saturated rings. The van der Waals surface area contributed by atoms with Gasteiger partial charge in [0.15, 0.2) is 0 Å². The number of rotatable bonds is 5. The number of methoxy groups -OCH3 is 2. The third-order valence-corrected chi connectivity index (χ3v) is 4.16. The predicted molar refractivity (Wildman–Crippen MR) is 77.3 cm³/mol. The monoisotopic (exact) mass is 278 g/mol. The molecule has 2 aromatic rings. The first-order valence-electron chi connectivity index (χ1n) is 6.17. The van der Waals surface area contributed by atoms with Gasteiger partial charge in [0, 0.05) is 16.5 Å². The normalized spacial score (nSPS) is 12.2. The fraction of sp³-hybridized carbons (Fsp3) is 0.333. The van der Waals surface area contributed by atoms with Crippen molar-refractivity contribution in [3.05, 3.63) is 45.6 Å². The lowest BCUT2D eigenvalue weighted by Gasteiger charge is -2.16. The van der Waals surface area contributed by atoms with E-state index in [4.69, 9.17) is 9.47 Å². The molecule has 1 heterocycles. The second-order valence-electron chi connectivity index (χ2n) is 4.17. The molecular formula is C15H18O3S. The molecule has 2 rings (SSSR count). The summed E-state index contributed by atoms with van der Waals surface area (Å²) in [5, 5.41) is 12.6. The van der Waals surface area contributed by atoms with E-state index in [2.05, 4.69) is 13.0 Å². The zero-order valence-corrected chi connectivity index (χ0v) is 12.2. The number of benzene rings is 1. The molecule has 0 amide bonds. The Balaban J connectivity index is 2.41. The molecule has 0 spiro atoms. The number of aryl methyl sites for hydroxylation is 1. The summed E-state index contributed by atoms with van der Waals surface area (Å²) in [4.78, 5) is 0.978. The Morgan fingerprint density at radius 2 is 2.00 bits per heavy atom. The van der Waals surface area contributed by atoms with Crippen molar-refractivity contribution in [2.75, 3.05) is 14.2 Å². The van der Waals surface area contributed by atoms with Gasteiger partial charge in [-0.3, -0.25) is 0 Å². The maximum Gasteiger partial charge on any atom is 0.128 e. The van der Waals surface area contributed by atoms with Gasteiger partial charge in [0.05, 0.1) is 14.2 Å². The van der Waals surface area contributed by atoms with Gasteiger partial charge in [-0.15, -0.1) is 11.3 Å². The van der Waals surface area contributed by atoms with Crippen LogP contribution in [0, 0.1) is 0 Å². The van der Waals surface area contributed by atoms with Crippen LogP contribution in [0.5, 0.6) is 11.5 Å². The quantitative estimate of drug-likeness (QED) is 0.911. The van der Waals surface area contributed by atoms with E-state index in [1.54, 1.807) is 31.6 Å². The lowest BCUT2D eigenvalue weighted by molar-refractivity contribution is 0.217. The number of aliphatic hydroxyl groups excluding tert-OH is 1. The SMILES string of the molecule is CCc1ccsc1C(O)c1ccc(OC)cc1OC. The van der Waals surface area contributed by atoms with E-state index in [1.165, 1.54) is 5.56 Å². The third kappa shape index (κ3) is 2.74. The number of thiophene rings is 1. The van der Waals surface area contributed by atoms with Gasteiger partial charge in [-0.1, -0.05) is 6.92 Å². The molecule has 0 radical (unpaired) electrons. The highest BCUT2D eigenvalue weighted by molar-refractivity contribution is 7.10. The van der Waals surface area contributed by atoms with Gasteiger partial charge < -0.3 is 14.6 Å². The van der Waals surface area contributed by atoms with E-state index in [9.17, 15) is 5.11 Å². The van der Waals surface area contributed by atoms with Crippen molar-refractivity contribution in [1.29, 1.82) is 0 Å². The molecule has 3 nitrogen and oxygen atoms in total. The van der Waals surface area contributed by atoms with E-state index < -0.39 is 6.10 Å². The Morgan fingerprint density at radius 3 is 2.63 bits per heavy atom. The molecule has 19 heavy (non-hydrogen) atoms. The van der Waals surface area contributed by atoms with E-state index in [0.717, 1.165) is 22.6 Å². The Kier molecular flexibility index (Phi) is 4.45. The van der Waals surface area contributed by atoms with Crippen molar-refractivity contribution in [3.63, 3.8) is 0 Å². The Morgan fingerprint density at radius 1 is 1.21 bits per heavy atom. The Hall–Kier alpha value is -1.52. The summed E-state index contributed by atoms with van der Waals surface area (Å²) >= 11 is 1.57. The lowest BCUT2D eigenvalue weighted by atomic mass is 10.0. The van der Waals surface area contributed by atoms with Gasteiger partial charge in [-0.25, -0.2) is 0 Å². The molecule has 0 bridgehead atoms. The topological polar surface area (TPSA) is 38.7 Å².